The van der Waals surface area contributed by atoms with E-state index >= 15 is 0 Å². The summed E-state index contributed by atoms with van der Waals surface area (Å²) >= 11 is 4.85. The molecule has 0 aromatic heterocycles. The maximum atomic E-state index is 11.7. The van der Waals surface area contributed by atoms with Gasteiger partial charge in [-0.15, -0.1) is 0 Å². The molecule has 0 atom stereocenters. The molecular formula is C12H23N3O2S. The molecule has 104 valence electrons. The Bertz CT molecular complexity index is 282. The fourth-order valence-corrected chi connectivity index (χ4v) is 1.69. The van der Waals surface area contributed by atoms with Crippen LogP contribution in [0, 0.1) is 5.92 Å². The number of nitrogens with one attached hydrogen (secondary N) is 1. The fourth-order valence-electron chi connectivity index (χ4n) is 1.60. The van der Waals surface area contributed by atoms with Gasteiger partial charge in [0, 0.05) is 33.2 Å². The number of ether oxygens (including phenoxy) is 1. The standard InChI is InChI=1S/C12H23N3O2S/c1-17-7-6-15(5-4-11(13)18)9-12(16)14-8-10-2-3-10/h10H,2-9H2,1H3,(H2,13,18)(H,14,16). The van der Waals surface area contributed by atoms with Crippen LogP contribution in [-0.4, -0.2) is 55.7 Å². The molecule has 1 amide bonds. The first-order valence-corrected chi connectivity index (χ1v) is 6.79. The maximum Gasteiger partial charge on any atom is 0.234 e. The highest BCUT2D eigenvalue weighted by Gasteiger charge is 2.22. The van der Waals surface area contributed by atoms with Crippen LogP contribution in [0.1, 0.15) is 19.3 Å². The number of amides is 1. The molecule has 6 heteroatoms. The van der Waals surface area contributed by atoms with Crippen molar-refractivity contribution >= 4 is 23.1 Å². The molecular weight excluding hydrogens is 250 g/mol. The van der Waals surface area contributed by atoms with Crippen LogP contribution in [0.2, 0.25) is 0 Å². The highest BCUT2D eigenvalue weighted by Crippen LogP contribution is 2.27. The molecule has 1 aliphatic carbocycles. The van der Waals surface area contributed by atoms with E-state index in [1.807, 2.05) is 4.90 Å². The number of carbonyl (C=O) groups is 1. The molecule has 18 heavy (non-hydrogen) atoms. The molecule has 0 unspecified atom stereocenters. The lowest BCUT2D eigenvalue weighted by atomic mass is 10.3. The highest BCUT2D eigenvalue weighted by molar-refractivity contribution is 7.80. The lowest BCUT2D eigenvalue weighted by Crippen LogP contribution is -2.40. The van der Waals surface area contributed by atoms with Gasteiger partial charge >= 0.3 is 0 Å². The van der Waals surface area contributed by atoms with Gasteiger partial charge in [0.15, 0.2) is 0 Å². The lowest BCUT2D eigenvalue weighted by Gasteiger charge is -2.21. The molecule has 0 spiro atoms. The Morgan fingerprint density at radius 1 is 1.50 bits per heavy atom. The number of nitrogens with zero attached hydrogens (tertiary/aromatic N) is 1. The average Bonchev–Trinajstić information content (AvgIpc) is 3.13. The third-order valence-electron chi connectivity index (χ3n) is 2.94. The molecule has 0 bridgehead atoms. The van der Waals surface area contributed by atoms with Gasteiger partial charge in [-0.3, -0.25) is 9.69 Å². The van der Waals surface area contributed by atoms with E-state index < -0.39 is 0 Å². The molecule has 5 nitrogen and oxygen atoms in total. The zero-order valence-electron chi connectivity index (χ0n) is 11.0. The Labute approximate surface area is 114 Å². The minimum absolute atomic E-state index is 0.0703. The SMILES string of the molecule is COCCN(CCC(N)=S)CC(=O)NCC1CC1. The van der Waals surface area contributed by atoms with Crippen molar-refractivity contribution < 1.29 is 9.53 Å². The molecule has 0 heterocycles. The van der Waals surface area contributed by atoms with Gasteiger partial charge in [-0.25, -0.2) is 0 Å². The van der Waals surface area contributed by atoms with Crippen molar-refractivity contribution in [1.29, 1.82) is 0 Å². The summed E-state index contributed by atoms with van der Waals surface area (Å²) in [6, 6.07) is 0. The van der Waals surface area contributed by atoms with Crippen LogP contribution in [0.15, 0.2) is 0 Å². The van der Waals surface area contributed by atoms with Gasteiger partial charge in [-0.1, -0.05) is 12.2 Å². The van der Waals surface area contributed by atoms with E-state index in [-0.39, 0.29) is 5.91 Å². The largest absolute Gasteiger partial charge is 0.393 e. The molecule has 3 N–H and O–H groups in total. The molecule has 1 rings (SSSR count). The van der Waals surface area contributed by atoms with Crippen LogP contribution >= 0.6 is 12.2 Å². The Hall–Kier alpha value is -0.720. The normalized spacial score (nSPS) is 14.8. The van der Waals surface area contributed by atoms with Crippen molar-refractivity contribution in [2.45, 2.75) is 19.3 Å². The number of hydrogen-bond acceptors (Lipinski definition) is 4. The Morgan fingerprint density at radius 2 is 2.22 bits per heavy atom. The van der Waals surface area contributed by atoms with Crippen molar-refractivity contribution in [3.05, 3.63) is 0 Å². The summed E-state index contributed by atoms with van der Waals surface area (Å²) < 4.78 is 5.03. The van der Waals surface area contributed by atoms with Crippen molar-refractivity contribution in [2.24, 2.45) is 11.7 Å². The summed E-state index contributed by atoms with van der Waals surface area (Å²) in [6.07, 6.45) is 3.12. The summed E-state index contributed by atoms with van der Waals surface area (Å²) in [5, 5.41) is 2.95. The topological polar surface area (TPSA) is 67.6 Å². The van der Waals surface area contributed by atoms with Crippen molar-refractivity contribution in [3.63, 3.8) is 0 Å². The number of rotatable bonds is 10. The first-order chi connectivity index (χ1) is 8.61. The van der Waals surface area contributed by atoms with E-state index in [0.717, 1.165) is 13.1 Å². The minimum Gasteiger partial charge on any atom is -0.393 e. The van der Waals surface area contributed by atoms with Gasteiger partial charge in [-0.2, -0.15) is 0 Å². The predicted molar refractivity (Wildman–Crippen MR) is 75.5 cm³/mol. The maximum absolute atomic E-state index is 11.7. The number of thiocarbonyl (C=S) groups is 1. The van der Waals surface area contributed by atoms with E-state index in [2.05, 4.69) is 5.32 Å². The Balaban J connectivity index is 2.22. The van der Waals surface area contributed by atoms with E-state index in [9.17, 15) is 4.79 Å². The van der Waals surface area contributed by atoms with E-state index in [0.29, 0.717) is 37.0 Å². The third kappa shape index (κ3) is 7.58. The van der Waals surface area contributed by atoms with Crippen LogP contribution in [0.5, 0.6) is 0 Å². The second-order valence-corrected chi connectivity index (χ2v) is 5.26. The summed E-state index contributed by atoms with van der Waals surface area (Å²) in [5.41, 5.74) is 5.48. The second kappa shape index (κ2) is 8.39. The third-order valence-corrected chi connectivity index (χ3v) is 3.14. The molecule has 1 aliphatic rings. The number of methoxy groups -OCH3 is 1. The molecule has 0 aromatic rings. The van der Waals surface area contributed by atoms with Gasteiger partial charge < -0.3 is 15.8 Å². The van der Waals surface area contributed by atoms with Crippen molar-refractivity contribution in [3.8, 4) is 0 Å². The van der Waals surface area contributed by atoms with Gasteiger partial charge in [0.1, 0.15) is 0 Å². The number of hydrogen-bond donors (Lipinski definition) is 2. The van der Waals surface area contributed by atoms with Crippen LogP contribution in [0.3, 0.4) is 0 Å². The molecule has 0 saturated heterocycles. The summed E-state index contributed by atoms with van der Waals surface area (Å²) in [4.78, 5) is 14.2. The summed E-state index contributed by atoms with van der Waals surface area (Å²) in [6.45, 7) is 3.23. The zero-order valence-corrected chi connectivity index (χ0v) is 11.8. The highest BCUT2D eigenvalue weighted by atomic mass is 32.1. The van der Waals surface area contributed by atoms with E-state index in [1.165, 1.54) is 12.8 Å². The quantitative estimate of drug-likeness (QED) is 0.554. The first kappa shape index (κ1) is 15.3. The molecule has 1 fully saturated rings. The first-order valence-electron chi connectivity index (χ1n) is 6.38. The van der Waals surface area contributed by atoms with E-state index in [1.54, 1.807) is 7.11 Å². The Kier molecular flexibility index (Phi) is 7.15. The lowest BCUT2D eigenvalue weighted by molar-refractivity contribution is -0.122. The average molecular weight is 273 g/mol. The van der Waals surface area contributed by atoms with Crippen molar-refractivity contribution in [1.82, 2.24) is 10.2 Å². The van der Waals surface area contributed by atoms with Crippen LogP contribution in [-0.2, 0) is 9.53 Å². The van der Waals surface area contributed by atoms with Crippen LogP contribution in [0.4, 0.5) is 0 Å². The second-order valence-electron chi connectivity index (χ2n) is 4.73. The fraction of sp³-hybridized carbons (Fsp3) is 0.833. The zero-order chi connectivity index (χ0) is 13.4. The molecule has 0 radical (unpaired) electrons. The minimum atomic E-state index is 0.0703. The van der Waals surface area contributed by atoms with Gasteiger partial charge in [0.2, 0.25) is 5.91 Å². The van der Waals surface area contributed by atoms with Crippen LogP contribution < -0.4 is 11.1 Å². The van der Waals surface area contributed by atoms with Crippen LogP contribution in [0.25, 0.3) is 0 Å². The molecule has 0 aromatic carbocycles. The molecule has 1 saturated carbocycles. The summed E-state index contributed by atoms with van der Waals surface area (Å²) in [5.74, 6) is 0.777. The van der Waals surface area contributed by atoms with Gasteiger partial charge in [-0.05, 0) is 18.8 Å². The van der Waals surface area contributed by atoms with Gasteiger partial charge in [0.25, 0.3) is 0 Å². The Morgan fingerprint density at radius 3 is 2.78 bits per heavy atom. The number of carbonyl (C=O) groups excluding carboxylic acids is 1. The van der Waals surface area contributed by atoms with Crippen molar-refractivity contribution in [2.75, 3.05) is 39.9 Å². The summed E-state index contributed by atoms with van der Waals surface area (Å²) in [7, 11) is 1.65. The molecule has 0 aliphatic heterocycles. The van der Waals surface area contributed by atoms with E-state index in [4.69, 9.17) is 22.7 Å². The monoisotopic (exact) mass is 273 g/mol. The van der Waals surface area contributed by atoms with Gasteiger partial charge in [0.05, 0.1) is 18.1 Å². The smallest absolute Gasteiger partial charge is 0.234 e. The predicted octanol–water partition coefficient (Wildman–Crippen LogP) is 0.137. The number of nitrogens with two attached hydrogens (primary N) is 1.